The van der Waals surface area contributed by atoms with Crippen molar-refractivity contribution in [3.63, 3.8) is 0 Å². The van der Waals surface area contributed by atoms with Crippen LogP contribution in [-0.4, -0.2) is 14.2 Å². The van der Waals surface area contributed by atoms with Crippen LogP contribution < -0.4 is 9.47 Å². The number of rotatable bonds is 3. The number of alkyl halides is 2. The van der Waals surface area contributed by atoms with Crippen molar-refractivity contribution in [2.24, 2.45) is 0 Å². The number of hydrogen-bond acceptors (Lipinski definition) is 2. The van der Waals surface area contributed by atoms with Gasteiger partial charge in [0.2, 0.25) is 0 Å². The number of benzene rings is 1. The van der Waals surface area contributed by atoms with Gasteiger partial charge in [-0.15, -0.1) is 0 Å². The van der Waals surface area contributed by atoms with Gasteiger partial charge in [0.15, 0.2) is 0 Å². The van der Waals surface area contributed by atoms with Crippen molar-refractivity contribution in [3.8, 4) is 11.5 Å². The Balaban J connectivity index is 3.08. The molecule has 0 heterocycles. The summed E-state index contributed by atoms with van der Waals surface area (Å²) < 4.78 is 34.3. The van der Waals surface area contributed by atoms with Gasteiger partial charge in [-0.3, -0.25) is 0 Å². The average molecular weight is 188 g/mol. The van der Waals surface area contributed by atoms with Gasteiger partial charge in [0.1, 0.15) is 11.5 Å². The lowest BCUT2D eigenvalue weighted by molar-refractivity contribution is 0.147. The van der Waals surface area contributed by atoms with Crippen LogP contribution >= 0.6 is 0 Å². The average Bonchev–Trinajstić information content (AvgIpc) is 2.16. The predicted octanol–water partition coefficient (Wildman–Crippen LogP) is 2.64. The molecule has 2 nitrogen and oxygen atoms in total. The molecule has 0 fully saturated rings. The number of methoxy groups -OCH3 is 2. The maximum absolute atomic E-state index is 12.3. The maximum Gasteiger partial charge on any atom is 0.267 e. The second-order valence-electron chi connectivity index (χ2n) is 2.41. The second-order valence-corrected chi connectivity index (χ2v) is 2.41. The molecule has 1 aromatic carbocycles. The van der Waals surface area contributed by atoms with E-state index >= 15 is 0 Å². The van der Waals surface area contributed by atoms with Crippen molar-refractivity contribution in [1.82, 2.24) is 0 Å². The zero-order chi connectivity index (χ0) is 9.84. The fraction of sp³-hybridized carbons (Fsp3) is 0.333. The first kappa shape index (κ1) is 9.77. The van der Waals surface area contributed by atoms with Crippen LogP contribution in [0, 0.1) is 0 Å². The summed E-state index contributed by atoms with van der Waals surface area (Å²) in [6.07, 6.45) is -2.53. The molecule has 0 aliphatic carbocycles. The summed E-state index contributed by atoms with van der Waals surface area (Å²) in [5.41, 5.74) is -0.122. The first-order chi connectivity index (χ1) is 6.19. The Morgan fingerprint density at radius 3 is 2.31 bits per heavy atom. The third-order valence-corrected chi connectivity index (χ3v) is 1.68. The Morgan fingerprint density at radius 1 is 1.15 bits per heavy atom. The first-order valence-corrected chi connectivity index (χ1v) is 3.69. The van der Waals surface area contributed by atoms with Gasteiger partial charge < -0.3 is 9.47 Å². The van der Waals surface area contributed by atoms with Crippen molar-refractivity contribution >= 4 is 0 Å². The van der Waals surface area contributed by atoms with Crippen LogP contribution in [0.2, 0.25) is 0 Å². The summed E-state index contributed by atoms with van der Waals surface area (Å²) in [6.45, 7) is 0. The lowest BCUT2D eigenvalue weighted by Crippen LogP contribution is -1.93. The normalized spacial score (nSPS) is 10.2. The van der Waals surface area contributed by atoms with E-state index in [-0.39, 0.29) is 11.3 Å². The molecule has 0 unspecified atom stereocenters. The topological polar surface area (TPSA) is 18.5 Å². The van der Waals surface area contributed by atoms with E-state index in [1.807, 2.05) is 0 Å². The molecule has 72 valence electrons. The molecule has 1 rings (SSSR count). The zero-order valence-corrected chi connectivity index (χ0v) is 7.38. The molecule has 0 aromatic heterocycles. The molecule has 0 aliphatic rings. The Kier molecular flexibility index (Phi) is 3.06. The molecule has 0 saturated heterocycles. The minimum absolute atomic E-state index is 0.122. The maximum atomic E-state index is 12.3. The van der Waals surface area contributed by atoms with Crippen molar-refractivity contribution in [3.05, 3.63) is 23.8 Å². The molecule has 0 aliphatic heterocycles. The molecular weight excluding hydrogens is 178 g/mol. The molecule has 1 aromatic rings. The largest absolute Gasteiger partial charge is 0.497 e. The van der Waals surface area contributed by atoms with E-state index in [0.29, 0.717) is 5.75 Å². The van der Waals surface area contributed by atoms with E-state index < -0.39 is 6.43 Å². The summed E-state index contributed by atoms with van der Waals surface area (Å²) in [4.78, 5) is 0. The quantitative estimate of drug-likeness (QED) is 0.725. The van der Waals surface area contributed by atoms with Crippen LogP contribution in [0.4, 0.5) is 8.78 Å². The molecule has 0 saturated carbocycles. The van der Waals surface area contributed by atoms with E-state index in [1.165, 1.54) is 32.4 Å². The molecule has 4 heteroatoms. The van der Waals surface area contributed by atoms with Gasteiger partial charge >= 0.3 is 0 Å². The van der Waals surface area contributed by atoms with E-state index in [1.54, 1.807) is 0 Å². The second kappa shape index (κ2) is 4.07. The van der Waals surface area contributed by atoms with Crippen LogP contribution in [0.15, 0.2) is 18.2 Å². The monoisotopic (exact) mass is 188 g/mol. The highest BCUT2D eigenvalue weighted by Gasteiger charge is 2.13. The SMILES string of the molecule is COc1ccc(C(F)F)c(OC)c1. The van der Waals surface area contributed by atoms with Crippen molar-refractivity contribution in [1.29, 1.82) is 0 Å². The lowest BCUT2D eigenvalue weighted by atomic mass is 10.2. The lowest BCUT2D eigenvalue weighted by Gasteiger charge is -2.08. The fourth-order valence-corrected chi connectivity index (χ4v) is 0.999. The fourth-order valence-electron chi connectivity index (χ4n) is 0.999. The Hall–Kier alpha value is -1.32. The number of ether oxygens (including phenoxy) is 2. The van der Waals surface area contributed by atoms with E-state index in [9.17, 15) is 8.78 Å². The summed E-state index contributed by atoms with van der Waals surface area (Å²) >= 11 is 0. The summed E-state index contributed by atoms with van der Waals surface area (Å²) in [5.74, 6) is 0.649. The van der Waals surface area contributed by atoms with Gasteiger partial charge in [-0.2, -0.15) is 0 Å². The minimum atomic E-state index is -2.53. The first-order valence-electron chi connectivity index (χ1n) is 3.69. The van der Waals surface area contributed by atoms with Gasteiger partial charge in [-0.1, -0.05) is 0 Å². The third-order valence-electron chi connectivity index (χ3n) is 1.68. The van der Waals surface area contributed by atoms with Crippen molar-refractivity contribution < 1.29 is 18.3 Å². The molecule has 13 heavy (non-hydrogen) atoms. The van der Waals surface area contributed by atoms with Gasteiger partial charge in [0, 0.05) is 6.07 Å². The van der Waals surface area contributed by atoms with E-state index in [2.05, 4.69) is 0 Å². The molecule has 0 N–H and O–H groups in total. The molecular formula is C9H10F2O2. The van der Waals surface area contributed by atoms with Crippen molar-refractivity contribution in [2.75, 3.05) is 14.2 Å². The molecule has 0 spiro atoms. The van der Waals surface area contributed by atoms with Gasteiger partial charge in [0.05, 0.1) is 19.8 Å². The highest BCUT2D eigenvalue weighted by Crippen LogP contribution is 2.31. The standard InChI is InChI=1S/C9H10F2O2/c1-12-6-3-4-7(9(10)11)8(5-6)13-2/h3-5,9H,1-2H3. The minimum Gasteiger partial charge on any atom is -0.497 e. The number of hydrogen-bond donors (Lipinski definition) is 0. The Labute approximate surface area is 75.1 Å². The van der Waals surface area contributed by atoms with Crippen LogP contribution in [0.5, 0.6) is 11.5 Å². The molecule has 0 bridgehead atoms. The van der Waals surface area contributed by atoms with Crippen LogP contribution in [0.3, 0.4) is 0 Å². The van der Waals surface area contributed by atoms with E-state index in [0.717, 1.165) is 0 Å². The summed E-state index contributed by atoms with van der Waals surface area (Å²) in [6, 6.07) is 4.20. The molecule has 0 amide bonds. The van der Waals surface area contributed by atoms with Gasteiger partial charge in [-0.25, -0.2) is 8.78 Å². The van der Waals surface area contributed by atoms with E-state index in [4.69, 9.17) is 9.47 Å². The van der Waals surface area contributed by atoms with Crippen molar-refractivity contribution in [2.45, 2.75) is 6.43 Å². The van der Waals surface area contributed by atoms with Gasteiger partial charge in [0.25, 0.3) is 6.43 Å². The summed E-state index contributed by atoms with van der Waals surface area (Å²) in [7, 11) is 2.82. The van der Waals surface area contributed by atoms with Gasteiger partial charge in [-0.05, 0) is 12.1 Å². The van der Waals surface area contributed by atoms with Crippen LogP contribution in [0.25, 0.3) is 0 Å². The highest BCUT2D eigenvalue weighted by atomic mass is 19.3. The molecule has 0 atom stereocenters. The highest BCUT2D eigenvalue weighted by molar-refractivity contribution is 5.41. The Bertz CT molecular complexity index is 287. The number of halogens is 2. The molecule has 0 radical (unpaired) electrons. The van der Waals surface area contributed by atoms with Crippen LogP contribution in [-0.2, 0) is 0 Å². The Morgan fingerprint density at radius 2 is 1.85 bits per heavy atom. The van der Waals surface area contributed by atoms with Crippen LogP contribution in [0.1, 0.15) is 12.0 Å². The predicted molar refractivity (Wildman–Crippen MR) is 44.5 cm³/mol. The summed E-state index contributed by atoms with van der Waals surface area (Å²) in [5, 5.41) is 0. The zero-order valence-electron chi connectivity index (χ0n) is 7.38. The third kappa shape index (κ3) is 2.08. The smallest absolute Gasteiger partial charge is 0.267 e.